The summed E-state index contributed by atoms with van der Waals surface area (Å²) in [5.74, 6) is 0.531. The Morgan fingerprint density at radius 3 is 2.79 bits per heavy atom. The summed E-state index contributed by atoms with van der Waals surface area (Å²) in [6, 6.07) is 5.02. The van der Waals surface area contributed by atoms with Gasteiger partial charge in [0.15, 0.2) is 11.5 Å². The van der Waals surface area contributed by atoms with E-state index in [1.165, 1.54) is 7.11 Å². The van der Waals surface area contributed by atoms with E-state index in [-0.39, 0.29) is 5.75 Å². The van der Waals surface area contributed by atoms with Crippen LogP contribution >= 0.6 is 0 Å². The summed E-state index contributed by atoms with van der Waals surface area (Å²) in [7, 11) is 1.49. The first kappa shape index (κ1) is 10.4. The molecule has 0 heterocycles. The summed E-state index contributed by atoms with van der Waals surface area (Å²) < 4.78 is 4.95. The van der Waals surface area contributed by atoms with Crippen LogP contribution in [0.25, 0.3) is 0 Å². The first-order valence-electron chi connectivity index (χ1n) is 4.20. The number of methoxy groups -OCH3 is 1. The third-order valence-corrected chi connectivity index (χ3v) is 1.87. The Balaban J connectivity index is 2.90. The van der Waals surface area contributed by atoms with E-state index in [9.17, 15) is 5.11 Å². The van der Waals surface area contributed by atoms with Gasteiger partial charge in [0.05, 0.1) is 12.8 Å². The number of phenolic OH excluding ortho intramolecular Hbond substituents is 1. The molecule has 14 heavy (non-hydrogen) atoms. The van der Waals surface area contributed by atoms with Crippen molar-refractivity contribution in [2.45, 2.75) is 13.3 Å². The molecule has 0 saturated carbocycles. The summed E-state index contributed by atoms with van der Waals surface area (Å²) in [4.78, 5) is 0. The van der Waals surface area contributed by atoms with Gasteiger partial charge in [-0.05, 0) is 24.6 Å². The molecule has 0 atom stereocenters. The highest BCUT2D eigenvalue weighted by Crippen LogP contribution is 2.26. The SMILES string of the molecule is COc1cc(C/C(C)=N/O)ccc1O. The summed E-state index contributed by atoms with van der Waals surface area (Å²) in [6.45, 7) is 1.72. The molecular weight excluding hydrogens is 182 g/mol. The highest BCUT2D eigenvalue weighted by atomic mass is 16.5. The van der Waals surface area contributed by atoms with Crippen LogP contribution in [0.2, 0.25) is 0 Å². The number of benzene rings is 1. The van der Waals surface area contributed by atoms with Crippen LogP contribution in [-0.2, 0) is 6.42 Å². The number of ether oxygens (including phenoxy) is 1. The van der Waals surface area contributed by atoms with Crippen molar-refractivity contribution in [2.75, 3.05) is 7.11 Å². The van der Waals surface area contributed by atoms with E-state index in [0.717, 1.165) is 5.56 Å². The van der Waals surface area contributed by atoms with Crippen LogP contribution in [0.1, 0.15) is 12.5 Å². The van der Waals surface area contributed by atoms with Gasteiger partial charge in [0.25, 0.3) is 0 Å². The molecule has 0 unspecified atom stereocenters. The minimum atomic E-state index is 0.106. The summed E-state index contributed by atoms with van der Waals surface area (Å²) >= 11 is 0. The zero-order valence-corrected chi connectivity index (χ0v) is 8.19. The molecule has 0 bridgehead atoms. The Kier molecular flexibility index (Phi) is 3.34. The molecule has 4 heteroatoms. The van der Waals surface area contributed by atoms with Gasteiger partial charge in [0.2, 0.25) is 0 Å². The fourth-order valence-corrected chi connectivity index (χ4v) is 1.16. The van der Waals surface area contributed by atoms with Crippen molar-refractivity contribution in [1.82, 2.24) is 0 Å². The van der Waals surface area contributed by atoms with Crippen molar-refractivity contribution in [3.05, 3.63) is 23.8 Å². The molecule has 1 aromatic carbocycles. The number of rotatable bonds is 3. The van der Waals surface area contributed by atoms with Gasteiger partial charge >= 0.3 is 0 Å². The molecule has 4 nitrogen and oxygen atoms in total. The van der Waals surface area contributed by atoms with Gasteiger partial charge in [0.1, 0.15) is 0 Å². The smallest absolute Gasteiger partial charge is 0.160 e. The number of nitrogens with zero attached hydrogens (tertiary/aromatic N) is 1. The lowest BCUT2D eigenvalue weighted by Gasteiger charge is -2.05. The second kappa shape index (κ2) is 4.50. The van der Waals surface area contributed by atoms with E-state index >= 15 is 0 Å². The van der Waals surface area contributed by atoms with Gasteiger partial charge < -0.3 is 15.1 Å². The molecule has 0 spiro atoms. The lowest BCUT2D eigenvalue weighted by Crippen LogP contribution is -1.97. The topological polar surface area (TPSA) is 62.0 Å². The average Bonchev–Trinajstić information content (AvgIpc) is 2.20. The largest absolute Gasteiger partial charge is 0.504 e. The first-order valence-corrected chi connectivity index (χ1v) is 4.20. The fourth-order valence-electron chi connectivity index (χ4n) is 1.16. The van der Waals surface area contributed by atoms with E-state index in [4.69, 9.17) is 9.94 Å². The third kappa shape index (κ3) is 2.39. The summed E-state index contributed by atoms with van der Waals surface area (Å²) in [5, 5.41) is 20.9. The van der Waals surface area contributed by atoms with Gasteiger partial charge in [0, 0.05) is 6.42 Å². The molecule has 0 aliphatic rings. The quantitative estimate of drug-likeness (QED) is 0.439. The standard InChI is InChI=1S/C10H13NO3/c1-7(11-13)5-8-3-4-9(12)10(6-8)14-2/h3-4,6,12-13H,5H2,1-2H3/b11-7+. The summed E-state index contributed by atoms with van der Waals surface area (Å²) in [6.07, 6.45) is 0.535. The van der Waals surface area contributed by atoms with Crippen molar-refractivity contribution >= 4 is 5.71 Å². The Labute approximate surface area is 82.4 Å². The van der Waals surface area contributed by atoms with Crippen molar-refractivity contribution in [2.24, 2.45) is 5.16 Å². The van der Waals surface area contributed by atoms with Gasteiger partial charge in [-0.25, -0.2) is 0 Å². The Morgan fingerprint density at radius 1 is 1.50 bits per heavy atom. The molecule has 2 N–H and O–H groups in total. The fraction of sp³-hybridized carbons (Fsp3) is 0.300. The molecule has 0 aliphatic heterocycles. The highest BCUT2D eigenvalue weighted by molar-refractivity contribution is 5.83. The third-order valence-electron chi connectivity index (χ3n) is 1.87. The van der Waals surface area contributed by atoms with Crippen LogP contribution in [0.5, 0.6) is 11.5 Å². The molecular formula is C10H13NO3. The minimum absolute atomic E-state index is 0.106. The summed E-state index contributed by atoms with van der Waals surface area (Å²) in [5.41, 5.74) is 1.53. The predicted octanol–water partition coefficient (Wildman–Crippen LogP) is 1.79. The normalized spacial score (nSPS) is 11.4. The van der Waals surface area contributed by atoms with E-state index in [0.29, 0.717) is 17.9 Å². The van der Waals surface area contributed by atoms with Gasteiger partial charge in [-0.3, -0.25) is 0 Å². The van der Waals surface area contributed by atoms with Gasteiger partial charge in [-0.15, -0.1) is 0 Å². The van der Waals surface area contributed by atoms with Crippen LogP contribution in [0.3, 0.4) is 0 Å². The predicted molar refractivity (Wildman–Crippen MR) is 53.3 cm³/mol. The number of aromatic hydroxyl groups is 1. The molecule has 0 aromatic heterocycles. The molecule has 0 radical (unpaired) electrons. The Morgan fingerprint density at radius 2 is 2.21 bits per heavy atom. The highest BCUT2D eigenvalue weighted by Gasteiger charge is 2.03. The van der Waals surface area contributed by atoms with Crippen LogP contribution in [0, 0.1) is 0 Å². The lowest BCUT2D eigenvalue weighted by molar-refractivity contribution is 0.317. The van der Waals surface area contributed by atoms with Crippen LogP contribution in [0.15, 0.2) is 23.4 Å². The van der Waals surface area contributed by atoms with Crippen molar-refractivity contribution in [3.63, 3.8) is 0 Å². The van der Waals surface area contributed by atoms with Crippen LogP contribution < -0.4 is 4.74 Å². The maximum atomic E-state index is 9.32. The van der Waals surface area contributed by atoms with E-state index in [1.54, 1.807) is 25.1 Å². The number of hydrogen-bond donors (Lipinski definition) is 2. The Bertz CT molecular complexity index is 347. The molecule has 0 amide bonds. The lowest BCUT2D eigenvalue weighted by atomic mass is 10.1. The maximum Gasteiger partial charge on any atom is 0.160 e. The van der Waals surface area contributed by atoms with E-state index in [1.807, 2.05) is 0 Å². The zero-order valence-electron chi connectivity index (χ0n) is 8.19. The van der Waals surface area contributed by atoms with Gasteiger partial charge in [-0.1, -0.05) is 11.2 Å². The molecule has 1 aromatic rings. The number of hydrogen-bond acceptors (Lipinski definition) is 4. The van der Waals surface area contributed by atoms with Crippen molar-refractivity contribution < 1.29 is 15.1 Å². The number of phenols is 1. The van der Waals surface area contributed by atoms with Crippen molar-refractivity contribution in [3.8, 4) is 11.5 Å². The van der Waals surface area contributed by atoms with Crippen molar-refractivity contribution in [1.29, 1.82) is 0 Å². The maximum absolute atomic E-state index is 9.32. The Hall–Kier alpha value is -1.71. The second-order valence-corrected chi connectivity index (χ2v) is 3.02. The zero-order chi connectivity index (χ0) is 10.6. The van der Waals surface area contributed by atoms with Crippen LogP contribution in [-0.4, -0.2) is 23.1 Å². The number of oxime groups is 1. The monoisotopic (exact) mass is 195 g/mol. The molecule has 0 saturated heterocycles. The average molecular weight is 195 g/mol. The first-order chi connectivity index (χ1) is 6.67. The second-order valence-electron chi connectivity index (χ2n) is 3.02. The van der Waals surface area contributed by atoms with E-state index in [2.05, 4.69) is 5.16 Å². The van der Waals surface area contributed by atoms with Crippen LogP contribution in [0.4, 0.5) is 0 Å². The molecule has 76 valence electrons. The van der Waals surface area contributed by atoms with Gasteiger partial charge in [-0.2, -0.15) is 0 Å². The molecule has 0 fully saturated rings. The molecule has 0 aliphatic carbocycles. The van der Waals surface area contributed by atoms with E-state index < -0.39 is 0 Å². The minimum Gasteiger partial charge on any atom is -0.504 e. The molecule has 1 rings (SSSR count).